The fraction of sp³-hybridized carbons (Fsp3) is 0.667. The van der Waals surface area contributed by atoms with Gasteiger partial charge in [-0.15, -0.1) is 0 Å². The molecule has 1 unspecified atom stereocenters. The Morgan fingerprint density at radius 1 is 1.35 bits per heavy atom. The predicted octanol–water partition coefficient (Wildman–Crippen LogP) is 2.32. The number of carboxylic acid groups (broad SMARTS) is 1. The van der Waals surface area contributed by atoms with Crippen molar-refractivity contribution in [3.63, 3.8) is 0 Å². The van der Waals surface area contributed by atoms with Gasteiger partial charge in [0.1, 0.15) is 11.6 Å². The lowest BCUT2D eigenvalue weighted by Gasteiger charge is -2.21. The average molecular weight is 243 g/mol. The minimum absolute atomic E-state index is 0.252. The number of ether oxygens (including phenoxy) is 1. The van der Waals surface area contributed by atoms with Gasteiger partial charge in [0.25, 0.3) is 0 Å². The summed E-state index contributed by atoms with van der Waals surface area (Å²) in [5.41, 5.74) is -0.633. The Labute approximate surface area is 102 Å². The lowest BCUT2D eigenvalue weighted by molar-refractivity contribution is -0.139. The van der Waals surface area contributed by atoms with Gasteiger partial charge in [0.05, 0.1) is 0 Å². The van der Waals surface area contributed by atoms with Crippen LogP contribution in [0.1, 0.15) is 40.5 Å². The molecule has 98 valence electrons. The van der Waals surface area contributed by atoms with Crippen molar-refractivity contribution >= 4 is 12.1 Å². The van der Waals surface area contributed by atoms with Crippen molar-refractivity contribution in [3.05, 3.63) is 12.2 Å². The maximum atomic E-state index is 11.4. The van der Waals surface area contributed by atoms with Crippen LogP contribution in [0.15, 0.2) is 12.2 Å². The van der Waals surface area contributed by atoms with Crippen LogP contribution in [0.2, 0.25) is 0 Å². The molecule has 0 aliphatic rings. The number of aliphatic carboxylic acids is 1. The van der Waals surface area contributed by atoms with Crippen molar-refractivity contribution in [1.29, 1.82) is 0 Å². The van der Waals surface area contributed by atoms with Crippen molar-refractivity contribution in [2.24, 2.45) is 0 Å². The third-order valence-electron chi connectivity index (χ3n) is 1.76. The van der Waals surface area contributed by atoms with Crippen LogP contribution in [-0.2, 0) is 9.53 Å². The van der Waals surface area contributed by atoms with Crippen molar-refractivity contribution in [2.45, 2.75) is 52.2 Å². The van der Waals surface area contributed by atoms with Crippen LogP contribution in [0.4, 0.5) is 4.79 Å². The number of carboxylic acids is 1. The summed E-state index contributed by atoms with van der Waals surface area (Å²) < 4.78 is 4.99. The first kappa shape index (κ1) is 15.5. The molecule has 0 aromatic heterocycles. The summed E-state index contributed by atoms with van der Waals surface area (Å²) in [6, 6.07) is -0.951. The molecule has 0 bridgehead atoms. The van der Waals surface area contributed by atoms with E-state index in [1.165, 1.54) is 0 Å². The first-order chi connectivity index (χ1) is 7.76. The maximum Gasteiger partial charge on any atom is 0.408 e. The van der Waals surface area contributed by atoms with Gasteiger partial charge >= 0.3 is 12.1 Å². The molecule has 0 rings (SSSR count). The molecule has 0 aliphatic heterocycles. The number of carbonyl (C=O) groups excluding carboxylic acids is 1. The quantitative estimate of drug-likeness (QED) is 0.726. The summed E-state index contributed by atoms with van der Waals surface area (Å²) in [5.74, 6) is -1.07. The molecular formula is C12H21NO4. The van der Waals surface area contributed by atoms with E-state index in [1.54, 1.807) is 26.8 Å². The molecule has 0 saturated heterocycles. The zero-order valence-electron chi connectivity index (χ0n) is 10.8. The molecule has 0 fully saturated rings. The summed E-state index contributed by atoms with van der Waals surface area (Å²) in [6.45, 7) is 7.12. The molecular weight excluding hydrogens is 222 g/mol. The number of carbonyl (C=O) groups is 2. The Morgan fingerprint density at radius 2 is 1.94 bits per heavy atom. The number of allylic oxidation sites excluding steroid dienone is 1. The number of hydrogen-bond donors (Lipinski definition) is 2. The Hall–Kier alpha value is -1.52. The Kier molecular flexibility index (Phi) is 6.31. The molecule has 2 N–H and O–H groups in total. The van der Waals surface area contributed by atoms with E-state index in [-0.39, 0.29) is 6.42 Å². The molecule has 0 aromatic rings. The van der Waals surface area contributed by atoms with Gasteiger partial charge in [-0.2, -0.15) is 0 Å². The average Bonchev–Trinajstić information content (AvgIpc) is 2.13. The zero-order chi connectivity index (χ0) is 13.5. The maximum absolute atomic E-state index is 11.4. The van der Waals surface area contributed by atoms with Crippen molar-refractivity contribution in [2.75, 3.05) is 0 Å². The fourth-order valence-corrected chi connectivity index (χ4v) is 1.07. The number of hydrogen-bond acceptors (Lipinski definition) is 3. The standard InChI is InChI=1S/C12H21NO4/c1-5-6-7-8-9(10(14)15)13-11(16)17-12(2,3)4/h6-7,9H,5,8H2,1-4H3,(H,13,16)(H,14,15)/b7-6+. The number of nitrogens with one attached hydrogen (secondary N) is 1. The van der Waals surface area contributed by atoms with Gasteiger partial charge in [0.15, 0.2) is 0 Å². The first-order valence-electron chi connectivity index (χ1n) is 5.63. The van der Waals surface area contributed by atoms with E-state index in [0.717, 1.165) is 6.42 Å². The van der Waals surface area contributed by atoms with Gasteiger partial charge in [-0.3, -0.25) is 0 Å². The Balaban J connectivity index is 4.30. The summed E-state index contributed by atoms with van der Waals surface area (Å²) in [5, 5.41) is 11.2. The van der Waals surface area contributed by atoms with Crippen LogP contribution in [0.5, 0.6) is 0 Å². The van der Waals surface area contributed by atoms with Crippen LogP contribution in [0.25, 0.3) is 0 Å². The SMILES string of the molecule is CC/C=C/CC(NC(=O)OC(C)(C)C)C(=O)O. The molecule has 5 heteroatoms. The number of amides is 1. The van der Waals surface area contributed by atoms with E-state index < -0.39 is 23.7 Å². The fourth-order valence-electron chi connectivity index (χ4n) is 1.07. The minimum Gasteiger partial charge on any atom is -0.480 e. The highest BCUT2D eigenvalue weighted by Crippen LogP contribution is 2.07. The summed E-state index contributed by atoms with van der Waals surface area (Å²) in [6.07, 6.45) is 3.96. The first-order valence-corrected chi connectivity index (χ1v) is 5.63. The van der Waals surface area contributed by atoms with Crippen molar-refractivity contribution in [1.82, 2.24) is 5.32 Å². The highest BCUT2D eigenvalue weighted by Gasteiger charge is 2.22. The molecule has 0 aromatic carbocycles. The van der Waals surface area contributed by atoms with Gasteiger partial charge in [-0.05, 0) is 33.6 Å². The largest absolute Gasteiger partial charge is 0.480 e. The molecule has 0 saturated carbocycles. The lowest BCUT2D eigenvalue weighted by Crippen LogP contribution is -2.43. The van der Waals surface area contributed by atoms with Gasteiger partial charge in [0.2, 0.25) is 0 Å². The lowest BCUT2D eigenvalue weighted by atomic mass is 10.2. The third-order valence-corrected chi connectivity index (χ3v) is 1.76. The third kappa shape index (κ3) is 8.30. The summed E-state index contributed by atoms with van der Waals surface area (Å²) in [4.78, 5) is 22.3. The zero-order valence-corrected chi connectivity index (χ0v) is 10.8. The predicted molar refractivity (Wildman–Crippen MR) is 64.8 cm³/mol. The molecule has 5 nitrogen and oxygen atoms in total. The van der Waals surface area contributed by atoms with Gasteiger partial charge in [-0.25, -0.2) is 9.59 Å². The van der Waals surface area contributed by atoms with Crippen LogP contribution in [0, 0.1) is 0 Å². The molecule has 1 amide bonds. The van der Waals surface area contributed by atoms with E-state index in [2.05, 4.69) is 5.32 Å². The highest BCUT2D eigenvalue weighted by atomic mass is 16.6. The van der Waals surface area contributed by atoms with Crippen LogP contribution in [-0.4, -0.2) is 28.8 Å². The summed E-state index contributed by atoms with van der Waals surface area (Å²) >= 11 is 0. The highest BCUT2D eigenvalue weighted by molar-refractivity contribution is 5.80. The van der Waals surface area contributed by atoms with Crippen molar-refractivity contribution in [3.8, 4) is 0 Å². The second kappa shape index (κ2) is 6.93. The van der Waals surface area contributed by atoms with Gasteiger partial charge < -0.3 is 15.2 Å². The van der Waals surface area contributed by atoms with E-state index in [4.69, 9.17) is 9.84 Å². The normalized spacial score (nSPS) is 13.4. The molecule has 17 heavy (non-hydrogen) atoms. The number of alkyl carbamates (subject to hydrolysis) is 1. The second-order valence-corrected chi connectivity index (χ2v) is 4.65. The molecule has 0 aliphatic carbocycles. The summed E-state index contributed by atoms with van der Waals surface area (Å²) in [7, 11) is 0. The molecule has 0 heterocycles. The van der Waals surface area contributed by atoms with Crippen LogP contribution < -0.4 is 5.32 Å². The van der Waals surface area contributed by atoms with Crippen molar-refractivity contribution < 1.29 is 19.4 Å². The van der Waals surface area contributed by atoms with Gasteiger partial charge in [0, 0.05) is 0 Å². The number of rotatable bonds is 5. The molecule has 0 spiro atoms. The Bertz CT molecular complexity index is 291. The van der Waals surface area contributed by atoms with E-state index >= 15 is 0 Å². The van der Waals surface area contributed by atoms with Crippen LogP contribution >= 0.6 is 0 Å². The molecule has 1 atom stereocenters. The minimum atomic E-state index is -1.07. The van der Waals surface area contributed by atoms with E-state index in [0.29, 0.717) is 0 Å². The molecule has 0 radical (unpaired) electrons. The van der Waals surface area contributed by atoms with E-state index in [9.17, 15) is 9.59 Å². The smallest absolute Gasteiger partial charge is 0.408 e. The monoisotopic (exact) mass is 243 g/mol. The second-order valence-electron chi connectivity index (χ2n) is 4.65. The topological polar surface area (TPSA) is 75.6 Å². The van der Waals surface area contributed by atoms with Gasteiger partial charge in [-0.1, -0.05) is 19.1 Å². The Morgan fingerprint density at radius 3 is 2.35 bits per heavy atom. The van der Waals surface area contributed by atoms with E-state index in [1.807, 2.05) is 13.0 Å². The van der Waals surface area contributed by atoms with Crippen LogP contribution in [0.3, 0.4) is 0 Å².